The number of hydrogen-bond donors (Lipinski definition) is 2. The van der Waals surface area contributed by atoms with E-state index in [0.717, 1.165) is 0 Å². The molecule has 2 aromatic carbocycles. The molecule has 136 valence electrons. The van der Waals surface area contributed by atoms with E-state index >= 15 is 0 Å². The highest BCUT2D eigenvalue weighted by molar-refractivity contribution is 7.27. The Labute approximate surface area is 145 Å². The number of hydrogen-bond acceptors (Lipinski definition) is 2. The molecule has 1 atom stereocenters. The molecule has 0 spiro atoms. The van der Waals surface area contributed by atoms with Crippen LogP contribution in [0.4, 0.5) is 22.0 Å². The third kappa shape index (κ3) is 5.24. The van der Waals surface area contributed by atoms with Gasteiger partial charge in [0.25, 0.3) is 0 Å². The molecule has 0 radical (unpaired) electrons. The van der Waals surface area contributed by atoms with Gasteiger partial charge >= 0.3 is 7.12 Å². The van der Waals surface area contributed by atoms with Crippen LogP contribution in [0.3, 0.4) is 0 Å². The predicted molar refractivity (Wildman–Crippen MR) is 90.5 cm³/mol. The lowest BCUT2D eigenvalue weighted by Gasteiger charge is -2.18. The molecule has 0 aliphatic rings. The molecule has 0 aliphatic heterocycles. The molecule has 2 N–H and O–H groups in total. The van der Waals surface area contributed by atoms with Crippen LogP contribution in [-0.2, 0) is 5.41 Å². The Bertz CT molecular complexity index is 717. The number of benzene rings is 2. The lowest BCUT2D eigenvalue weighted by Crippen LogP contribution is -2.38. The summed E-state index contributed by atoms with van der Waals surface area (Å²) in [5, 5.41) is 17.9. The predicted octanol–water partition coefficient (Wildman–Crippen LogP) is 2.55. The summed E-state index contributed by atoms with van der Waals surface area (Å²) in [6.45, 7) is 6.68. The standard InChI is InChI=1S/C10H15P.C6H2BF5O2/c1-10(2,3)8-4-6-9(11)7-5-8;8-2-1(7(13)14)3(9)5(11)6(12)4(2)10/h4-7H,11H2,1-3H3;13-14H. The van der Waals surface area contributed by atoms with E-state index in [1.165, 1.54) is 10.9 Å². The topological polar surface area (TPSA) is 40.5 Å². The summed E-state index contributed by atoms with van der Waals surface area (Å²) in [5.41, 5.74) is 0.00310. The third-order valence-electron chi connectivity index (χ3n) is 3.28. The van der Waals surface area contributed by atoms with Gasteiger partial charge in [0, 0.05) is 0 Å². The molecule has 0 aliphatic carbocycles. The highest BCUT2D eigenvalue weighted by atomic mass is 31.0. The van der Waals surface area contributed by atoms with E-state index in [2.05, 4.69) is 54.3 Å². The first-order valence-electron chi connectivity index (χ1n) is 7.11. The van der Waals surface area contributed by atoms with Gasteiger partial charge in [-0.3, -0.25) is 0 Å². The minimum absolute atomic E-state index is 0.276. The molecule has 0 bridgehead atoms. The zero-order valence-corrected chi connectivity index (χ0v) is 14.9. The van der Waals surface area contributed by atoms with Gasteiger partial charge in [-0.2, -0.15) is 0 Å². The number of rotatable bonds is 1. The lowest BCUT2D eigenvalue weighted by atomic mass is 9.79. The van der Waals surface area contributed by atoms with Gasteiger partial charge in [-0.15, -0.1) is 9.24 Å². The van der Waals surface area contributed by atoms with Crippen LogP contribution in [-0.4, -0.2) is 17.2 Å². The fourth-order valence-electron chi connectivity index (χ4n) is 1.83. The van der Waals surface area contributed by atoms with Crippen LogP contribution in [0.15, 0.2) is 24.3 Å². The molecule has 0 amide bonds. The van der Waals surface area contributed by atoms with Crippen molar-refractivity contribution in [1.29, 1.82) is 0 Å². The second-order valence-electron chi connectivity index (χ2n) is 6.23. The summed E-state index contributed by atoms with van der Waals surface area (Å²) >= 11 is 0. The Morgan fingerprint density at radius 2 is 1.12 bits per heavy atom. The van der Waals surface area contributed by atoms with Gasteiger partial charge in [0.05, 0.1) is 5.46 Å². The van der Waals surface area contributed by atoms with E-state index in [1.807, 2.05) is 0 Å². The molecule has 2 aromatic rings. The monoisotopic (exact) mass is 378 g/mol. The molecule has 0 heterocycles. The summed E-state index contributed by atoms with van der Waals surface area (Å²) in [6.07, 6.45) is 0. The average molecular weight is 378 g/mol. The Hall–Kier alpha value is -1.50. The number of halogens is 5. The van der Waals surface area contributed by atoms with Gasteiger partial charge in [-0.1, -0.05) is 45.0 Å². The fraction of sp³-hybridized carbons (Fsp3) is 0.250. The SMILES string of the molecule is CC(C)(C)c1ccc(P)cc1.OB(O)c1c(F)c(F)c(F)c(F)c1F. The van der Waals surface area contributed by atoms with E-state index in [-0.39, 0.29) is 5.41 Å². The first-order valence-corrected chi connectivity index (χ1v) is 7.69. The summed E-state index contributed by atoms with van der Waals surface area (Å²) < 4.78 is 62.4. The van der Waals surface area contributed by atoms with Gasteiger partial charge in [0.15, 0.2) is 29.1 Å². The summed E-state index contributed by atoms with van der Waals surface area (Å²) in [7, 11) is -0.0714. The van der Waals surface area contributed by atoms with Crippen molar-refractivity contribution in [1.82, 2.24) is 0 Å². The maximum atomic E-state index is 12.6. The first-order chi connectivity index (χ1) is 11.4. The van der Waals surface area contributed by atoms with Crippen molar-refractivity contribution in [2.75, 3.05) is 0 Å². The molecule has 2 rings (SSSR count). The van der Waals surface area contributed by atoms with Crippen molar-refractivity contribution in [3.8, 4) is 0 Å². The molecule has 0 saturated carbocycles. The van der Waals surface area contributed by atoms with E-state index < -0.39 is 41.7 Å². The van der Waals surface area contributed by atoms with Crippen LogP contribution in [0.2, 0.25) is 0 Å². The van der Waals surface area contributed by atoms with Gasteiger partial charge in [-0.05, 0) is 16.3 Å². The largest absolute Gasteiger partial charge is 0.494 e. The Morgan fingerprint density at radius 3 is 1.44 bits per heavy atom. The molecule has 1 unspecified atom stereocenters. The van der Waals surface area contributed by atoms with E-state index in [1.54, 1.807) is 0 Å². The minimum atomic E-state index is -2.76. The van der Waals surface area contributed by atoms with Gasteiger partial charge in [0.1, 0.15) is 0 Å². The first kappa shape index (κ1) is 21.5. The Morgan fingerprint density at radius 1 is 0.760 bits per heavy atom. The molecular weight excluding hydrogens is 361 g/mol. The van der Waals surface area contributed by atoms with Crippen LogP contribution in [0, 0.1) is 29.1 Å². The lowest BCUT2D eigenvalue weighted by molar-refractivity contribution is 0.373. The molecule has 0 saturated heterocycles. The molecule has 9 heteroatoms. The summed E-state index contributed by atoms with van der Waals surface area (Å²) in [6, 6.07) is 8.63. The maximum absolute atomic E-state index is 12.6. The average Bonchev–Trinajstić information content (AvgIpc) is 2.51. The summed E-state index contributed by atoms with van der Waals surface area (Å²) in [5.74, 6) is -11.3. The van der Waals surface area contributed by atoms with Gasteiger partial charge < -0.3 is 10.0 Å². The zero-order valence-electron chi connectivity index (χ0n) is 13.7. The van der Waals surface area contributed by atoms with Crippen molar-refractivity contribution in [2.45, 2.75) is 26.2 Å². The third-order valence-corrected chi connectivity index (χ3v) is 3.66. The second kappa shape index (κ2) is 8.26. The molecular formula is C16H17BF5O2P. The smallest absolute Gasteiger partial charge is 0.423 e. The molecule has 2 nitrogen and oxygen atoms in total. The van der Waals surface area contributed by atoms with Crippen LogP contribution in [0.5, 0.6) is 0 Å². The normalized spacial score (nSPS) is 11.0. The summed E-state index contributed by atoms with van der Waals surface area (Å²) in [4.78, 5) is 0. The second-order valence-corrected chi connectivity index (χ2v) is 6.90. The van der Waals surface area contributed by atoms with E-state index in [0.29, 0.717) is 0 Å². The van der Waals surface area contributed by atoms with E-state index in [9.17, 15) is 22.0 Å². The fourth-order valence-corrected chi connectivity index (χ4v) is 2.02. The van der Waals surface area contributed by atoms with Crippen molar-refractivity contribution in [2.24, 2.45) is 0 Å². The van der Waals surface area contributed by atoms with Crippen LogP contribution in [0.25, 0.3) is 0 Å². The van der Waals surface area contributed by atoms with Gasteiger partial charge in [-0.25, -0.2) is 22.0 Å². The minimum Gasteiger partial charge on any atom is -0.423 e. The quantitative estimate of drug-likeness (QED) is 0.263. The Balaban J connectivity index is 0.000000257. The molecule has 25 heavy (non-hydrogen) atoms. The molecule has 0 fully saturated rings. The van der Waals surface area contributed by atoms with Crippen LogP contribution >= 0.6 is 9.24 Å². The van der Waals surface area contributed by atoms with Crippen molar-refractivity contribution in [3.63, 3.8) is 0 Å². The highest BCUT2D eigenvalue weighted by Gasteiger charge is 2.31. The maximum Gasteiger partial charge on any atom is 0.494 e. The highest BCUT2D eigenvalue weighted by Crippen LogP contribution is 2.20. The molecule has 0 aromatic heterocycles. The van der Waals surface area contributed by atoms with Gasteiger partial charge in [0.2, 0.25) is 0 Å². The van der Waals surface area contributed by atoms with Crippen molar-refractivity contribution >= 4 is 27.1 Å². The van der Waals surface area contributed by atoms with Crippen LogP contribution < -0.4 is 10.8 Å². The Kier molecular flexibility index (Phi) is 7.12. The van der Waals surface area contributed by atoms with Crippen molar-refractivity contribution < 1.29 is 32.0 Å². The van der Waals surface area contributed by atoms with Crippen LogP contribution in [0.1, 0.15) is 26.3 Å². The zero-order chi connectivity index (χ0) is 19.5. The van der Waals surface area contributed by atoms with Crippen molar-refractivity contribution in [3.05, 3.63) is 58.9 Å². The van der Waals surface area contributed by atoms with E-state index in [4.69, 9.17) is 10.0 Å².